The third-order valence-electron chi connectivity index (χ3n) is 2.36. The number of rotatable bonds is 1. The Morgan fingerprint density at radius 1 is 1.18 bits per heavy atom. The van der Waals surface area contributed by atoms with Crippen LogP contribution < -0.4 is 0 Å². The van der Waals surface area contributed by atoms with Crippen molar-refractivity contribution in [2.45, 2.75) is 32.6 Å². The summed E-state index contributed by atoms with van der Waals surface area (Å²) in [5.41, 5.74) is 0.495. The van der Waals surface area contributed by atoms with Crippen LogP contribution in [0, 0.1) is 12.3 Å². The quantitative estimate of drug-likeness (QED) is 0.772. The number of hydrogen-bond donors (Lipinski definition) is 0. The van der Waals surface area contributed by atoms with Gasteiger partial charge in [0.25, 0.3) is 5.91 Å². The molecule has 0 aromatic heterocycles. The van der Waals surface area contributed by atoms with Crippen LogP contribution in [0.5, 0.6) is 0 Å². The molecular weight excluding hydrogens is 234 g/mol. The van der Waals surface area contributed by atoms with Crippen LogP contribution in [0.3, 0.4) is 0 Å². The Kier molecular flexibility index (Phi) is 3.77. The van der Waals surface area contributed by atoms with Gasteiger partial charge in [-0.1, -0.05) is 38.5 Å². The number of amides is 1. The summed E-state index contributed by atoms with van der Waals surface area (Å²) >= 11 is 0. The Labute approximate surface area is 103 Å². The Bertz CT molecular complexity index is 530. The van der Waals surface area contributed by atoms with E-state index in [9.17, 15) is 9.00 Å². The first kappa shape index (κ1) is 13.9. The molecule has 0 spiro atoms. The van der Waals surface area contributed by atoms with E-state index in [1.807, 2.05) is 19.1 Å². The van der Waals surface area contributed by atoms with E-state index in [2.05, 4.69) is 4.36 Å². The van der Waals surface area contributed by atoms with Crippen molar-refractivity contribution < 1.29 is 9.00 Å². The predicted molar refractivity (Wildman–Crippen MR) is 70.4 cm³/mol. The number of hydrogen-bond acceptors (Lipinski definition) is 2. The fraction of sp³-hybridized carbons (Fsp3) is 0.462. The van der Waals surface area contributed by atoms with Crippen molar-refractivity contribution in [3.05, 3.63) is 29.8 Å². The summed E-state index contributed by atoms with van der Waals surface area (Å²) in [5.74, 6) is -0.328. The number of carbonyl (C=O) groups excluding carboxylic acids is 1. The molecule has 17 heavy (non-hydrogen) atoms. The van der Waals surface area contributed by atoms with Crippen molar-refractivity contribution in [2.75, 3.05) is 6.26 Å². The van der Waals surface area contributed by atoms with Gasteiger partial charge in [0.1, 0.15) is 0 Å². The molecule has 0 fully saturated rings. The first-order valence-corrected chi connectivity index (χ1v) is 7.38. The second kappa shape index (κ2) is 4.61. The molecule has 0 unspecified atom stereocenters. The van der Waals surface area contributed by atoms with Gasteiger partial charge in [-0.15, -0.1) is 0 Å². The van der Waals surface area contributed by atoms with Gasteiger partial charge in [0, 0.05) is 16.6 Å². The summed E-state index contributed by atoms with van der Waals surface area (Å²) in [5, 5.41) is 0. The molecule has 0 radical (unpaired) electrons. The third kappa shape index (κ3) is 3.66. The van der Waals surface area contributed by atoms with Gasteiger partial charge in [0.05, 0.1) is 9.73 Å². The van der Waals surface area contributed by atoms with E-state index >= 15 is 0 Å². The summed E-state index contributed by atoms with van der Waals surface area (Å²) in [6, 6.07) is 7.26. The Balaban J connectivity index is 3.20. The second-order valence-corrected chi connectivity index (χ2v) is 7.52. The van der Waals surface area contributed by atoms with Crippen LogP contribution >= 0.6 is 0 Å². The largest absolute Gasteiger partial charge is 0.271 e. The molecule has 0 saturated heterocycles. The summed E-state index contributed by atoms with van der Waals surface area (Å²) in [7, 11) is -2.63. The topological polar surface area (TPSA) is 46.5 Å². The van der Waals surface area contributed by atoms with Crippen LogP contribution in [0.4, 0.5) is 0 Å². The lowest BCUT2D eigenvalue weighted by Crippen LogP contribution is -2.19. The van der Waals surface area contributed by atoms with E-state index in [0.29, 0.717) is 4.90 Å². The van der Waals surface area contributed by atoms with E-state index in [1.165, 1.54) is 6.26 Å². The summed E-state index contributed by atoms with van der Waals surface area (Å²) in [6.07, 6.45) is 1.50. The maximum atomic E-state index is 12.4. The van der Waals surface area contributed by atoms with Crippen molar-refractivity contribution in [2.24, 2.45) is 9.78 Å². The molecule has 3 nitrogen and oxygen atoms in total. The van der Waals surface area contributed by atoms with Gasteiger partial charge in [-0.25, -0.2) is 4.21 Å². The van der Waals surface area contributed by atoms with E-state index < -0.39 is 15.1 Å². The van der Waals surface area contributed by atoms with Gasteiger partial charge in [0.15, 0.2) is 0 Å². The van der Waals surface area contributed by atoms with Gasteiger partial charge in [-0.3, -0.25) is 4.79 Å². The molecule has 0 saturated carbocycles. The van der Waals surface area contributed by atoms with Crippen molar-refractivity contribution in [3.8, 4) is 0 Å². The van der Waals surface area contributed by atoms with Gasteiger partial charge >= 0.3 is 0 Å². The molecule has 0 aliphatic heterocycles. The Morgan fingerprint density at radius 2 is 1.65 bits per heavy atom. The smallest absolute Gasteiger partial charge is 0.259 e. The molecule has 0 N–H and O–H groups in total. The molecule has 1 aromatic rings. The molecule has 94 valence electrons. The fourth-order valence-corrected chi connectivity index (χ4v) is 2.48. The SMILES string of the molecule is Cc1ccc([S@](C)(=O)=NC(=O)C(C)(C)C)cc1. The highest BCUT2D eigenvalue weighted by Gasteiger charge is 2.22. The molecule has 0 aliphatic carbocycles. The lowest BCUT2D eigenvalue weighted by Gasteiger charge is -2.13. The van der Waals surface area contributed by atoms with E-state index in [-0.39, 0.29) is 5.91 Å². The molecular formula is C13H19NO2S. The van der Waals surface area contributed by atoms with Gasteiger partial charge in [0.2, 0.25) is 0 Å². The first-order chi connectivity index (χ1) is 7.63. The Morgan fingerprint density at radius 3 is 2.06 bits per heavy atom. The lowest BCUT2D eigenvalue weighted by molar-refractivity contribution is -0.124. The summed E-state index contributed by atoms with van der Waals surface area (Å²) < 4.78 is 16.2. The minimum atomic E-state index is -2.63. The molecule has 1 atom stereocenters. The summed E-state index contributed by atoms with van der Waals surface area (Å²) in [6.45, 7) is 7.26. The Hall–Kier alpha value is -1.16. The standard InChI is InChI=1S/C13H19NO2S/c1-10-6-8-11(9-7-10)17(5,16)14-12(15)13(2,3)4/h6-9H,1-5H3/t17-/m0/s1. The zero-order valence-electron chi connectivity index (χ0n) is 11.0. The molecule has 4 heteroatoms. The van der Waals surface area contributed by atoms with Crippen LogP contribution in [0.2, 0.25) is 0 Å². The van der Waals surface area contributed by atoms with E-state index in [1.54, 1.807) is 32.9 Å². The van der Waals surface area contributed by atoms with Crippen LogP contribution in [-0.2, 0) is 14.5 Å². The summed E-state index contributed by atoms with van der Waals surface area (Å²) in [4.78, 5) is 12.4. The molecule has 1 rings (SSSR count). The maximum Gasteiger partial charge on any atom is 0.259 e. The molecule has 0 heterocycles. The van der Waals surface area contributed by atoms with Crippen molar-refractivity contribution in [3.63, 3.8) is 0 Å². The van der Waals surface area contributed by atoms with Crippen molar-refractivity contribution in [1.29, 1.82) is 0 Å². The normalized spacial score (nSPS) is 15.1. The van der Waals surface area contributed by atoms with E-state index in [4.69, 9.17) is 0 Å². The number of carbonyl (C=O) groups is 1. The molecule has 1 amide bonds. The average molecular weight is 253 g/mol. The van der Waals surface area contributed by atoms with Crippen molar-refractivity contribution in [1.82, 2.24) is 0 Å². The predicted octanol–water partition coefficient (Wildman–Crippen LogP) is 3.02. The highest BCUT2D eigenvalue weighted by Crippen LogP contribution is 2.19. The minimum absolute atomic E-state index is 0.328. The van der Waals surface area contributed by atoms with Gasteiger partial charge in [-0.2, -0.15) is 4.36 Å². The zero-order valence-corrected chi connectivity index (χ0v) is 11.8. The average Bonchev–Trinajstić information content (AvgIpc) is 2.16. The van der Waals surface area contributed by atoms with Crippen molar-refractivity contribution >= 4 is 15.6 Å². The fourth-order valence-electron chi connectivity index (χ4n) is 1.14. The van der Waals surface area contributed by atoms with E-state index in [0.717, 1.165) is 5.56 Å². The van der Waals surface area contributed by atoms with Crippen LogP contribution in [0.1, 0.15) is 26.3 Å². The highest BCUT2D eigenvalue weighted by atomic mass is 32.2. The zero-order chi connectivity index (χ0) is 13.3. The molecule has 1 aromatic carbocycles. The first-order valence-electron chi connectivity index (χ1n) is 5.46. The molecule has 0 aliphatic rings. The third-order valence-corrected chi connectivity index (χ3v) is 4.02. The lowest BCUT2D eigenvalue weighted by atomic mass is 9.96. The van der Waals surface area contributed by atoms with Crippen LogP contribution in [0.25, 0.3) is 0 Å². The van der Waals surface area contributed by atoms with Crippen LogP contribution in [0.15, 0.2) is 33.5 Å². The second-order valence-electron chi connectivity index (χ2n) is 5.26. The molecule has 0 bridgehead atoms. The minimum Gasteiger partial charge on any atom is -0.271 e. The maximum absolute atomic E-state index is 12.4. The van der Waals surface area contributed by atoms with Gasteiger partial charge in [-0.05, 0) is 19.1 Å². The van der Waals surface area contributed by atoms with Gasteiger partial charge < -0.3 is 0 Å². The monoisotopic (exact) mass is 253 g/mol. The highest BCUT2D eigenvalue weighted by molar-refractivity contribution is 7.93. The number of benzene rings is 1. The number of nitrogens with zero attached hydrogens (tertiary/aromatic N) is 1. The van der Waals surface area contributed by atoms with Crippen LogP contribution in [-0.4, -0.2) is 16.4 Å². The number of aryl methyl sites for hydroxylation is 1.